The molecule has 0 aliphatic carbocycles. The molecule has 2 fully saturated rings. The molecule has 46 heavy (non-hydrogen) atoms. The highest BCUT2D eigenvalue weighted by molar-refractivity contribution is 5.96. The number of piperazine rings is 1. The smallest absolute Gasteiger partial charge is 0.417 e. The normalized spacial score (nSPS) is 18.9. The Morgan fingerprint density at radius 2 is 1.43 bits per heavy atom. The van der Waals surface area contributed by atoms with E-state index in [-0.39, 0.29) is 50.6 Å². The number of hydrogen-bond donors (Lipinski definition) is 0. The van der Waals surface area contributed by atoms with Crippen molar-refractivity contribution in [1.82, 2.24) is 14.8 Å². The summed E-state index contributed by atoms with van der Waals surface area (Å²) < 4.78 is 92.1. The molecule has 248 valence electrons. The zero-order valence-electron chi connectivity index (χ0n) is 24.6. The van der Waals surface area contributed by atoms with E-state index < -0.39 is 53.0 Å². The second-order valence-electron chi connectivity index (χ2n) is 10.8. The fourth-order valence-electron chi connectivity index (χ4n) is 5.67. The van der Waals surface area contributed by atoms with E-state index in [1.54, 1.807) is 12.0 Å². The van der Waals surface area contributed by atoms with Crippen molar-refractivity contribution in [3.05, 3.63) is 83.7 Å². The predicted molar refractivity (Wildman–Crippen MR) is 158 cm³/mol. The maximum Gasteiger partial charge on any atom is 0.417 e. The second kappa shape index (κ2) is 13.7. The number of aromatic nitrogens is 1. The Kier molecular flexibility index (Phi) is 10.3. The largest absolute Gasteiger partial charge is 0.497 e. The van der Waals surface area contributed by atoms with Crippen LogP contribution in [0.2, 0.25) is 0 Å². The topological polar surface area (TPSA) is 75.2 Å². The summed E-state index contributed by atoms with van der Waals surface area (Å²) in [4.78, 5) is 36.1. The van der Waals surface area contributed by atoms with Crippen LogP contribution in [0.1, 0.15) is 34.3 Å². The minimum absolute atomic E-state index is 0. The summed E-state index contributed by atoms with van der Waals surface area (Å²) in [5.74, 6) is -0.830. The van der Waals surface area contributed by atoms with Gasteiger partial charge in [-0.3, -0.25) is 14.6 Å². The maximum absolute atomic E-state index is 14.2. The summed E-state index contributed by atoms with van der Waals surface area (Å²) >= 11 is 0. The van der Waals surface area contributed by atoms with Crippen LogP contribution in [-0.4, -0.2) is 78.6 Å². The first-order chi connectivity index (χ1) is 21.3. The third kappa shape index (κ3) is 7.43. The minimum atomic E-state index is -4.82. The molecule has 1 aromatic heterocycles. The number of piperidine rings is 1. The predicted octanol–water partition coefficient (Wildman–Crippen LogP) is 5.95. The molecule has 2 amide bonds. The number of halogens is 7. The Bertz CT molecular complexity index is 1510. The summed E-state index contributed by atoms with van der Waals surface area (Å²) in [5, 5.41) is 0. The number of anilines is 1. The molecule has 0 radical (unpaired) electrons. The number of carbonyl (C=O) groups is 2. The van der Waals surface area contributed by atoms with Gasteiger partial charge in [0.1, 0.15) is 11.5 Å². The van der Waals surface area contributed by atoms with E-state index in [0.717, 1.165) is 47.2 Å². The van der Waals surface area contributed by atoms with Gasteiger partial charge in [-0.25, -0.2) is 0 Å². The number of carbonyl (C=O) groups excluding carboxylic acids is 2. The van der Waals surface area contributed by atoms with Crippen molar-refractivity contribution in [1.29, 1.82) is 0 Å². The van der Waals surface area contributed by atoms with Gasteiger partial charge in [0.05, 0.1) is 30.3 Å². The first kappa shape index (κ1) is 34.7. The Morgan fingerprint density at radius 1 is 0.804 bits per heavy atom. The van der Waals surface area contributed by atoms with Crippen LogP contribution in [0, 0.1) is 0 Å². The summed E-state index contributed by atoms with van der Waals surface area (Å²) in [6, 6.07) is 11.9. The number of alkyl halides is 6. The monoisotopic (exact) mass is 672 g/mol. The lowest BCUT2D eigenvalue weighted by molar-refractivity contribution is -0.153. The quantitative estimate of drug-likeness (QED) is 0.302. The Labute approximate surface area is 267 Å². The molecular formula is C31H31ClF6N4O4. The first-order valence-corrected chi connectivity index (χ1v) is 14.2. The summed E-state index contributed by atoms with van der Waals surface area (Å²) in [5.41, 5.74) is -3.58. The molecule has 2 saturated heterocycles. The van der Waals surface area contributed by atoms with Crippen molar-refractivity contribution >= 4 is 29.9 Å². The van der Waals surface area contributed by atoms with E-state index in [0.29, 0.717) is 24.9 Å². The van der Waals surface area contributed by atoms with Crippen molar-refractivity contribution in [3.8, 4) is 11.5 Å². The van der Waals surface area contributed by atoms with Crippen LogP contribution in [-0.2, 0) is 17.1 Å². The maximum atomic E-state index is 14.2. The molecule has 1 unspecified atom stereocenters. The van der Waals surface area contributed by atoms with Crippen LogP contribution in [0.5, 0.6) is 11.5 Å². The molecule has 3 heterocycles. The van der Waals surface area contributed by atoms with Crippen LogP contribution in [0.4, 0.5) is 32.0 Å². The number of amides is 2. The van der Waals surface area contributed by atoms with Crippen LogP contribution in [0.25, 0.3) is 0 Å². The van der Waals surface area contributed by atoms with Crippen LogP contribution < -0.4 is 14.4 Å². The van der Waals surface area contributed by atoms with Crippen LogP contribution in [0.15, 0.2) is 67.0 Å². The molecule has 5 rings (SSSR count). The number of likely N-dealkylation sites (tertiary alicyclic amines) is 1. The van der Waals surface area contributed by atoms with Crippen LogP contribution in [0.3, 0.4) is 0 Å². The van der Waals surface area contributed by atoms with E-state index >= 15 is 0 Å². The molecule has 2 aromatic carbocycles. The molecular weight excluding hydrogens is 642 g/mol. The van der Waals surface area contributed by atoms with Gasteiger partial charge in [-0.05, 0) is 67.4 Å². The molecule has 2 aliphatic rings. The van der Waals surface area contributed by atoms with Crippen molar-refractivity contribution in [2.24, 2.45) is 0 Å². The fraction of sp³-hybridized carbons (Fsp3) is 0.387. The highest BCUT2D eigenvalue weighted by Crippen LogP contribution is 2.36. The molecule has 3 aromatic rings. The SMILES string of the molecule is COc1ccc(N2CCN(C(=O)C3(Oc4ccc(C(F)(F)F)cc4)CCCN(C(=O)c4cnccc4C(F)(F)F)C3)CC2)cc1.Cl. The van der Waals surface area contributed by atoms with Crippen molar-refractivity contribution in [3.63, 3.8) is 0 Å². The molecule has 0 spiro atoms. The number of rotatable bonds is 6. The molecule has 0 N–H and O–H groups in total. The highest BCUT2D eigenvalue weighted by Gasteiger charge is 2.49. The van der Waals surface area contributed by atoms with Gasteiger partial charge in [-0.15, -0.1) is 12.4 Å². The Morgan fingerprint density at radius 3 is 2.02 bits per heavy atom. The van der Waals surface area contributed by atoms with Crippen molar-refractivity contribution < 1.29 is 45.4 Å². The summed E-state index contributed by atoms with van der Waals surface area (Å²) in [7, 11) is 1.56. The van der Waals surface area contributed by atoms with Gasteiger partial charge in [0.15, 0.2) is 0 Å². The van der Waals surface area contributed by atoms with E-state index in [1.807, 2.05) is 24.3 Å². The van der Waals surface area contributed by atoms with Gasteiger partial charge in [0.2, 0.25) is 5.60 Å². The van der Waals surface area contributed by atoms with Gasteiger partial charge in [0.25, 0.3) is 11.8 Å². The van der Waals surface area contributed by atoms with Gasteiger partial charge in [0, 0.05) is 50.8 Å². The third-order valence-corrected chi connectivity index (χ3v) is 7.99. The summed E-state index contributed by atoms with van der Waals surface area (Å²) in [6.45, 7) is 1.11. The average molecular weight is 673 g/mol. The second-order valence-corrected chi connectivity index (χ2v) is 10.8. The first-order valence-electron chi connectivity index (χ1n) is 14.2. The van der Waals surface area contributed by atoms with Gasteiger partial charge < -0.3 is 24.2 Å². The van der Waals surface area contributed by atoms with Crippen molar-refractivity contribution in [2.75, 3.05) is 51.3 Å². The zero-order chi connectivity index (χ0) is 32.4. The number of methoxy groups -OCH3 is 1. The molecule has 8 nitrogen and oxygen atoms in total. The lowest BCUT2D eigenvalue weighted by Crippen LogP contribution is -2.64. The lowest BCUT2D eigenvalue weighted by atomic mass is 9.89. The number of hydrogen-bond acceptors (Lipinski definition) is 6. The molecule has 15 heteroatoms. The average Bonchev–Trinajstić information content (AvgIpc) is 3.03. The zero-order valence-corrected chi connectivity index (χ0v) is 25.4. The fourth-order valence-corrected chi connectivity index (χ4v) is 5.67. The molecule has 2 aliphatic heterocycles. The standard InChI is InChI=1S/C31H30F6N4O4.ClH/c1-44-23-9-5-22(6-10-23)39-15-17-40(18-16-39)28(43)29(45-24-7-3-21(4-8-24)30(32,33)34)12-2-14-41(20-29)27(42)25-19-38-13-11-26(25)31(35,36)37;/h3-11,13,19H,2,12,14-18,20H2,1H3;1H. The lowest BCUT2D eigenvalue weighted by Gasteiger charge is -2.45. The molecule has 1 atom stereocenters. The number of ether oxygens (including phenoxy) is 2. The molecule has 0 bridgehead atoms. The van der Waals surface area contributed by atoms with Gasteiger partial charge in [-0.2, -0.15) is 26.3 Å². The van der Waals surface area contributed by atoms with Gasteiger partial charge >= 0.3 is 12.4 Å². The summed E-state index contributed by atoms with van der Waals surface area (Å²) in [6.07, 6.45) is -7.36. The number of benzene rings is 2. The van der Waals surface area contributed by atoms with E-state index in [4.69, 9.17) is 9.47 Å². The van der Waals surface area contributed by atoms with Crippen molar-refractivity contribution in [2.45, 2.75) is 30.8 Å². The van der Waals surface area contributed by atoms with Gasteiger partial charge in [-0.1, -0.05) is 0 Å². The minimum Gasteiger partial charge on any atom is -0.497 e. The van der Waals surface area contributed by atoms with E-state index in [1.165, 1.54) is 0 Å². The van der Waals surface area contributed by atoms with E-state index in [9.17, 15) is 35.9 Å². The number of nitrogens with zero attached hydrogens (tertiary/aromatic N) is 4. The highest BCUT2D eigenvalue weighted by atomic mass is 35.5. The third-order valence-electron chi connectivity index (χ3n) is 7.99. The Hall–Kier alpha value is -4.20. The molecule has 0 saturated carbocycles. The van der Waals surface area contributed by atoms with Crippen LogP contribution >= 0.6 is 12.4 Å². The van der Waals surface area contributed by atoms with E-state index in [2.05, 4.69) is 9.88 Å². The Balaban J connectivity index is 0.00000480. The number of pyridine rings is 1.